The standard InChI is InChI=1S/C19H23F3N6O/c1-13-18(19(20,21)22)25-15(28(13)23-2)9-6-4-5-8-14-24-16(12-26(14)3)27-11-7-10-17(27)29/h6,9,12H,2,4-5,7-8,10-11H2,1,3H3/b9-6-. The summed E-state index contributed by atoms with van der Waals surface area (Å²) in [5, 5.41) is 3.62. The van der Waals surface area contributed by atoms with Gasteiger partial charge in [-0.3, -0.25) is 9.69 Å². The Morgan fingerprint density at radius 3 is 2.72 bits per heavy atom. The molecule has 7 nitrogen and oxygen atoms in total. The van der Waals surface area contributed by atoms with E-state index in [4.69, 9.17) is 0 Å². The van der Waals surface area contributed by atoms with E-state index in [0.717, 1.165) is 23.3 Å². The Bertz CT molecular complexity index is 941. The number of aromatic nitrogens is 4. The van der Waals surface area contributed by atoms with Crippen molar-refractivity contribution in [3.8, 4) is 0 Å². The van der Waals surface area contributed by atoms with Crippen LogP contribution in [0, 0.1) is 6.92 Å². The molecule has 1 aliphatic heterocycles. The van der Waals surface area contributed by atoms with Crippen LogP contribution >= 0.6 is 0 Å². The van der Waals surface area contributed by atoms with Crippen LogP contribution in [-0.4, -0.2) is 38.4 Å². The zero-order valence-corrected chi connectivity index (χ0v) is 16.4. The minimum Gasteiger partial charge on any atom is -0.336 e. The number of imidazole rings is 2. The molecule has 0 bridgehead atoms. The van der Waals surface area contributed by atoms with E-state index >= 15 is 0 Å². The van der Waals surface area contributed by atoms with E-state index in [1.165, 1.54) is 13.0 Å². The van der Waals surface area contributed by atoms with Gasteiger partial charge in [0.15, 0.2) is 17.3 Å². The topological polar surface area (TPSA) is 68.3 Å². The van der Waals surface area contributed by atoms with Gasteiger partial charge in [0, 0.05) is 39.3 Å². The third-order valence-electron chi connectivity index (χ3n) is 4.86. The number of amides is 1. The third-order valence-corrected chi connectivity index (χ3v) is 4.86. The molecule has 0 N–H and O–H groups in total. The van der Waals surface area contributed by atoms with E-state index in [2.05, 4.69) is 21.8 Å². The van der Waals surface area contributed by atoms with E-state index < -0.39 is 11.9 Å². The van der Waals surface area contributed by atoms with Crippen LogP contribution in [0.5, 0.6) is 0 Å². The lowest BCUT2D eigenvalue weighted by Gasteiger charge is -2.10. The van der Waals surface area contributed by atoms with Gasteiger partial charge in [0.1, 0.15) is 5.82 Å². The van der Waals surface area contributed by atoms with Crippen molar-refractivity contribution >= 4 is 24.5 Å². The lowest BCUT2D eigenvalue weighted by atomic mass is 10.2. The van der Waals surface area contributed by atoms with Crippen LogP contribution < -0.4 is 4.90 Å². The molecule has 2 aromatic rings. The van der Waals surface area contributed by atoms with Gasteiger partial charge in [0.05, 0.1) is 5.69 Å². The number of hydrogen-bond acceptors (Lipinski definition) is 4. The fraction of sp³-hybridized carbons (Fsp3) is 0.474. The molecule has 2 aromatic heterocycles. The zero-order valence-electron chi connectivity index (χ0n) is 16.4. The van der Waals surface area contributed by atoms with Gasteiger partial charge < -0.3 is 4.57 Å². The molecule has 0 unspecified atom stereocenters. The number of carbonyl (C=O) groups is 1. The number of nitrogens with zero attached hydrogens (tertiary/aromatic N) is 6. The summed E-state index contributed by atoms with van der Waals surface area (Å²) in [7, 11) is 1.89. The highest BCUT2D eigenvalue weighted by Crippen LogP contribution is 2.31. The van der Waals surface area contributed by atoms with Crippen molar-refractivity contribution in [2.24, 2.45) is 12.1 Å². The Morgan fingerprint density at radius 2 is 2.10 bits per heavy atom. The highest BCUT2D eigenvalue weighted by molar-refractivity contribution is 5.94. The van der Waals surface area contributed by atoms with Gasteiger partial charge in [-0.05, 0) is 32.3 Å². The van der Waals surface area contributed by atoms with Gasteiger partial charge in [0.2, 0.25) is 5.91 Å². The second kappa shape index (κ2) is 8.22. The summed E-state index contributed by atoms with van der Waals surface area (Å²) in [5.41, 5.74) is -1.05. The minimum atomic E-state index is -4.53. The number of unbranched alkanes of at least 4 members (excludes halogenated alkanes) is 1. The predicted octanol–water partition coefficient (Wildman–Crippen LogP) is 3.57. The van der Waals surface area contributed by atoms with Crippen LogP contribution in [0.15, 0.2) is 17.4 Å². The summed E-state index contributed by atoms with van der Waals surface area (Å²) < 4.78 is 41.9. The van der Waals surface area contributed by atoms with Crippen molar-refractivity contribution in [1.82, 2.24) is 19.2 Å². The molecule has 0 aliphatic carbocycles. The molecule has 1 fully saturated rings. The highest BCUT2D eigenvalue weighted by Gasteiger charge is 2.37. The van der Waals surface area contributed by atoms with Crippen LogP contribution in [0.1, 0.15) is 48.7 Å². The van der Waals surface area contributed by atoms with Gasteiger partial charge >= 0.3 is 6.18 Å². The molecule has 3 rings (SSSR count). The highest BCUT2D eigenvalue weighted by atomic mass is 19.4. The summed E-state index contributed by atoms with van der Waals surface area (Å²) in [6.45, 7) is 5.32. The van der Waals surface area contributed by atoms with Crippen molar-refractivity contribution in [3.63, 3.8) is 0 Å². The number of allylic oxidation sites excluding steroid dienone is 1. The fourth-order valence-electron chi connectivity index (χ4n) is 3.38. The molecule has 156 valence electrons. The van der Waals surface area contributed by atoms with Crippen LogP contribution in [0.2, 0.25) is 0 Å². The normalized spacial score (nSPS) is 15.1. The first-order valence-corrected chi connectivity index (χ1v) is 9.35. The number of hydrogen-bond donors (Lipinski definition) is 0. The van der Waals surface area contributed by atoms with Gasteiger partial charge in [-0.1, -0.05) is 6.08 Å². The van der Waals surface area contributed by atoms with Gasteiger partial charge in [-0.2, -0.15) is 18.3 Å². The van der Waals surface area contributed by atoms with Crippen molar-refractivity contribution in [2.75, 3.05) is 11.4 Å². The molecule has 1 aliphatic rings. The summed E-state index contributed by atoms with van der Waals surface area (Å²) in [4.78, 5) is 21.7. The Labute approximate surface area is 166 Å². The smallest absolute Gasteiger partial charge is 0.336 e. The monoisotopic (exact) mass is 408 g/mol. The Balaban J connectivity index is 1.60. The van der Waals surface area contributed by atoms with Crippen molar-refractivity contribution < 1.29 is 18.0 Å². The summed E-state index contributed by atoms with van der Waals surface area (Å²) in [6.07, 6.45) is 4.07. The third kappa shape index (κ3) is 4.41. The molecule has 0 saturated carbocycles. The van der Waals surface area contributed by atoms with E-state index in [1.54, 1.807) is 11.0 Å². The molecule has 0 aromatic carbocycles. The Kier molecular flexibility index (Phi) is 5.90. The van der Waals surface area contributed by atoms with Gasteiger partial charge in [0.25, 0.3) is 0 Å². The van der Waals surface area contributed by atoms with Crippen LogP contribution in [0.3, 0.4) is 0 Å². The van der Waals surface area contributed by atoms with Crippen LogP contribution in [0.25, 0.3) is 6.08 Å². The van der Waals surface area contributed by atoms with E-state index in [1.807, 2.05) is 17.8 Å². The first-order valence-electron chi connectivity index (χ1n) is 9.35. The molecular weight excluding hydrogens is 385 g/mol. The number of alkyl halides is 3. The molecule has 3 heterocycles. The zero-order chi connectivity index (χ0) is 21.2. The predicted molar refractivity (Wildman–Crippen MR) is 104 cm³/mol. The van der Waals surface area contributed by atoms with E-state index in [-0.39, 0.29) is 17.4 Å². The minimum absolute atomic E-state index is 0.0934. The number of rotatable bonds is 7. The molecule has 0 atom stereocenters. The maximum atomic E-state index is 13.0. The number of aryl methyl sites for hydroxylation is 2. The van der Waals surface area contributed by atoms with Gasteiger partial charge in [-0.25, -0.2) is 14.6 Å². The maximum absolute atomic E-state index is 13.0. The quantitative estimate of drug-likeness (QED) is 0.520. The first-order chi connectivity index (χ1) is 13.7. The molecule has 29 heavy (non-hydrogen) atoms. The summed E-state index contributed by atoms with van der Waals surface area (Å²) in [5.74, 6) is 1.72. The number of anilines is 1. The Hall–Kier alpha value is -2.91. The van der Waals surface area contributed by atoms with E-state index in [9.17, 15) is 18.0 Å². The number of halogens is 3. The molecular formula is C19H23F3N6O. The maximum Gasteiger partial charge on any atom is 0.435 e. The second-order valence-electron chi connectivity index (χ2n) is 6.92. The Morgan fingerprint density at radius 1 is 1.34 bits per heavy atom. The lowest BCUT2D eigenvalue weighted by molar-refractivity contribution is -0.141. The fourth-order valence-corrected chi connectivity index (χ4v) is 3.38. The average Bonchev–Trinajstić information content (AvgIpc) is 3.31. The number of carbonyl (C=O) groups excluding carboxylic acids is 1. The first kappa shape index (κ1) is 20.8. The molecule has 0 spiro atoms. The van der Waals surface area contributed by atoms with Crippen LogP contribution in [-0.2, 0) is 24.4 Å². The largest absolute Gasteiger partial charge is 0.435 e. The molecule has 0 radical (unpaired) electrons. The lowest BCUT2D eigenvalue weighted by Crippen LogP contribution is -2.23. The molecule has 1 saturated heterocycles. The van der Waals surface area contributed by atoms with Crippen molar-refractivity contribution in [1.29, 1.82) is 0 Å². The molecule has 10 heteroatoms. The SMILES string of the molecule is C=Nn1c(/C=C\CCCc2nc(N3CCCC3=O)cn2C)nc(C(F)(F)F)c1C. The van der Waals surface area contributed by atoms with Crippen molar-refractivity contribution in [3.05, 3.63) is 35.3 Å². The average molecular weight is 408 g/mol. The summed E-state index contributed by atoms with van der Waals surface area (Å²) in [6, 6.07) is 0. The van der Waals surface area contributed by atoms with E-state index in [0.29, 0.717) is 31.6 Å². The second-order valence-corrected chi connectivity index (χ2v) is 6.92. The van der Waals surface area contributed by atoms with Gasteiger partial charge in [-0.15, -0.1) is 0 Å². The molecule has 1 amide bonds. The van der Waals surface area contributed by atoms with Crippen molar-refractivity contribution in [2.45, 2.75) is 45.2 Å². The summed E-state index contributed by atoms with van der Waals surface area (Å²) >= 11 is 0. The van der Waals surface area contributed by atoms with Crippen LogP contribution in [0.4, 0.5) is 19.0 Å².